The summed E-state index contributed by atoms with van der Waals surface area (Å²) in [4.78, 5) is 47.1. The number of aryl methyl sites for hydroxylation is 2. The molecule has 12 heteroatoms. The maximum Gasteiger partial charge on any atom is 0.514 e. The molecule has 186 valence electrons. The second-order valence-electron chi connectivity index (χ2n) is 10.2. The third-order valence-electron chi connectivity index (χ3n) is 7.14. The Kier molecular flexibility index (Phi) is 5.75. The molecule has 0 bridgehead atoms. The predicted octanol–water partition coefficient (Wildman–Crippen LogP) is 2.93. The van der Waals surface area contributed by atoms with Crippen molar-refractivity contribution in [2.45, 2.75) is 71.6 Å². The number of carbonyl (C=O) groups is 2. The number of quaternary nitrogens is 1. The molecule has 12 nitrogen and oxygen atoms in total. The molecule has 1 aliphatic heterocycles. The first-order valence-corrected chi connectivity index (χ1v) is 11.5. The molecule has 1 amide bonds. The number of likely N-dealkylation sites (tertiary alicyclic amines) is 1. The molecule has 1 fully saturated rings. The standard InChI is InChI=1S/C23H30N8O4/c1-7-30-18(14-9-24-13(2)25-10-14)29-16-17(26-12-27-19(16)30)28-15-8-23(6,20(32)33)31(11-15,21(34)35)22(3,4)5/h9-10,12,15H,7-8,11H2,1-6H3,(H2-,26,27,28,32,33,34,35)/p+1/t15-,23+,31?/m0/s1. The van der Waals surface area contributed by atoms with E-state index in [2.05, 4.69) is 25.3 Å². The fourth-order valence-corrected chi connectivity index (χ4v) is 5.43. The molecule has 4 heterocycles. The van der Waals surface area contributed by atoms with E-state index in [0.29, 0.717) is 35.2 Å². The number of hydrogen-bond acceptors (Lipinski definition) is 8. The van der Waals surface area contributed by atoms with Gasteiger partial charge < -0.3 is 20.1 Å². The number of aromatic nitrogens is 6. The van der Waals surface area contributed by atoms with Gasteiger partial charge in [-0.05, 0) is 34.6 Å². The lowest BCUT2D eigenvalue weighted by Crippen LogP contribution is -2.73. The van der Waals surface area contributed by atoms with Gasteiger partial charge in [0.1, 0.15) is 30.1 Å². The van der Waals surface area contributed by atoms with Crippen LogP contribution in [0.25, 0.3) is 22.6 Å². The Morgan fingerprint density at radius 3 is 2.37 bits per heavy atom. The van der Waals surface area contributed by atoms with Crippen molar-refractivity contribution >= 4 is 29.0 Å². The molecular formula is C23H31N8O4+. The van der Waals surface area contributed by atoms with E-state index in [9.17, 15) is 19.8 Å². The number of hydrogen-bond donors (Lipinski definition) is 3. The molecule has 3 aromatic rings. The van der Waals surface area contributed by atoms with Gasteiger partial charge in [0.05, 0.1) is 11.6 Å². The Labute approximate surface area is 202 Å². The number of carboxylic acid groups (broad SMARTS) is 2. The second kappa shape index (κ2) is 8.22. The second-order valence-corrected chi connectivity index (χ2v) is 10.2. The number of amides is 1. The fourth-order valence-electron chi connectivity index (χ4n) is 5.43. The zero-order valence-electron chi connectivity index (χ0n) is 20.8. The summed E-state index contributed by atoms with van der Waals surface area (Å²) >= 11 is 0. The Balaban J connectivity index is 1.78. The Morgan fingerprint density at radius 2 is 1.86 bits per heavy atom. The molecule has 4 rings (SSSR count). The van der Waals surface area contributed by atoms with Crippen molar-refractivity contribution in [3.8, 4) is 11.4 Å². The molecule has 0 radical (unpaired) electrons. The summed E-state index contributed by atoms with van der Waals surface area (Å²) in [6.07, 6.45) is 3.75. The van der Waals surface area contributed by atoms with E-state index in [-0.39, 0.29) is 13.0 Å². The smallest absolute Gasteiger partial charge is 0.477 e. The first-order chi connectivity index (χ1) is 16.4. The summed E-state index contributed by atoms with van der Waals surface area (Å²) < 4.78 is 1.32. The van der Waals surface area contributed by atoms with E-state index < -0.39 is 33.7 Å². The van der Waals surface area contributed by atoms with Crippen LogP contribution in [0.4, 0.5) is 10.6 Å². The molecule has 1 aliphatic rings. The lowest BCUT2D eigenvalue weighted by Gasteiger charge is -2.48. The minimum absolute atomic E-state index is 0.0697. The molecule has 0 aliphatic carbocycles. The SMILES string of the molecule is CCn1c(-c2cnc(C)nc2)nc2c(N[C@H]3C[C@](C)(C(=O)O)[N+](C(=O)O)(C(C)(C)C)C3)ncnc21. The van der Waals surface area contributed by atoms with E-state index in [1.165, 1.54) is 13.3 Å². The van der Waals surface area contributed by atoms with Gasteiger partial charge in [-0.3, -0.25) is 0 Å². The molecule has 0 saturated carbocycles. The van der Waals surface area contributed by atoms with E-state index in [1.807, 2.05) is 11.5 Å². The van der Waals surface area contributed by atoms with Gasteiger partial charge in [0.15, 0.2) is 17.0 Å². The van der Waals surface area contributed by atoms with Crippen molar-refractivity contribution in [3.05, 3.63) is 24.5 Å². The predicted molar refractivity (Wildman–Crippen MR) is 128 cm³/mol. The minimum atomic E-state index is -1.54. The van der Waals surface area contributed by atoms with Crippen LogP contribution in [-0.4, -0.2) is 79.9 Å². The highest BCUT2D eigenvalue weighted by atomic mass is 16.4. The number of anilines is 1. The molecule has 3 atom stereocenters. The van der Waals surface area contributed by atoms with Crippen molar-refractivity contribution in [3.63, 3.8) is 0 Å². The van der Waals surface area contributed by atoms with Gasteiger partial charge >= 0.3 is 12.1 Å². The van der Waals surface area contributed by atoms with Gasteiger partial charge in [-0.2, -0.15) is 4.79 Å². The van der Waals surface area contributed by atoms with E-state index >= 15 is 0 Å². The van der Waals surface area contributed by atoms with Crippen molar-refractivity contribution in [1.29, 1.82) is 0 Å². The van der Waals surface area contributed by atoms with Crippen LogP contribution in [0.15, 0.2) is 18.7 Å². The van der Waals surface area contributed by atoms with Crippen molar-refractivity contribution in [2.75, 3.05) is 11.9 Å². The van der Waals surface area contributed by atoms with Crippen molar-refractivity contribution in [2.24, 2.45) is 0 Å². The summed E-state index contributed by atoms with van der Waals surface area (Å²) in [5, 5.41) is 23.7. The first kappa shape index (κ1) is 24.5. The third kappa shape index (κ3) is 3.59. The molecule has 3 aromatic heterocycles. The summed E-state index contributed by atoms with van der Waals surface area (Å²) in [5.41, 5.74) is -0.553. The van der Waals surface area contributed by atoms with Gasteiger partial charge in [0.25, 0.3) is 0 Å². The number of aliphatic carboxylic acids is 1. The monoisotopic (exact) mass is 483 g/mol. The van der Waals surface area contributed by atoms with Crippen LogP contribution in [0.3, 0.4) is 0 Å². The van der Waals surface area contributed by atoms with Gasteiger partial charge in [0, 0.05) is 32.3 Å². The number of nitrogens with one attached hydrogen (secondary N) is 1. The average molecular weight is 484 g/mol. The lowest BCUT2D eigenvalue weighted by atomic mass is 9.89. The fraction of sp³-hybridized carbons (Fsp3) is 0.522. The quantitative estimate of drug-likeness (QED) is 0.461. The minimum Gasteiger partial charge on any atom is -0.477 e. The maximum absolute atomic E-state index is 12.6. The summed E-state index contributed by atoms with van der Waals surface area (Å²) in [7, 11) is 0. The molecule has 3 N–H and O–H groups in total. The first-order valence-electron chi connectivity index (χ1n) is 11.5. The van der Waals surface area contributed by atoms with Crippen LogP contribution in [-0.2, 0) is 11.3 Å². The largest absolute Gasteiger partial charge is 0.514 e. The third-order valence-corrected chi connectivity index (χ3v) is 7.14. The van der Waals surface area contributed by atoms with Gasteiger partial charge in [-0.1, -0.05) is 0 Å². The molecule has 1 saturated heterocycles. The lowest BCUT2D eigenvalue weighted by molar-refractivity contribution is -0.928. The number of imidazole rings is 1. The molecular weight excluding hydrogens is 452 g/mol. The van der Waals surface area contributed by atoms with Crippen LogP contribution < -0.4 is 5.32 Å². The number of carboxylic acids is 1. The van der Waals surface area contributed by atoms with Gasteiger partial charge in [0.2, 0.25) is 5.54 Å². The van der Waals surface area contributed by atoms with Crippen LogP contribution in [0.2, 0.25) is 0 Å². The van der Waals surface area contributed by atoms with Crippen LogP contribution in [0.1, 0.15) is 46.9 Å². The van der Waals surface area contributed by atoms with Crippen molar-refractivity contribution in [1.82, 2.24) is 29.5 Å². The summed E-state index contributed by atoms with van der Waals surface area (Å²) in [6, 6.07) is -0.470. The Hall–Kier alpha value is -3.67. The average Bonchev–Trinajstić information content (AvgIpc) is 3.31. The molecule has 1 unspecified atom stereocenters. The maximum atomic E-state index is 12.6. The van der Waals surface area contributed by atoms with Crippen LogP contribution >= 0.6 is 0 Å². The van der Waals surface area contributed by atoms with E-state index in [1.54, 1.807) is 40.1 Å². The summed E-state index contributed by atoms with van der Waals surface area (Å²) in [6.45, 7) is 11.2. The van der Waals surface area contributed by atoms with Crippen LogP contribution in [0, 0.1) is 6.92 Å². The number of rotatable bonds is 5. The Morgan fingerprint density at radius 1 is 1.20 bits per heavy atom. The Bertz CT molecular complexity index is 1300. The highest BCUT2D eigenvalue weighted by molar-refractivity contribution is 5.86. The number of fused-ring (bicyclic) bond motifs is 1. The molecule has 0 aromatic carbocycles. The van der Waals surface area contributed by atoms with Gasteiger partial charge in [-0.15, -0.1) is 0 Å². The van der Waals surface area contributed by atoms with Crippen LogP contribution in [0.5, 0.6) is 0 Å². The molecule has 35 heavy (non-hydrogen) atoms. The normalized spacial score (nSPS) is 24.6. The zero-order valence-corrected chi connectivity index (χ0v) is 20.8. The van der Waals surface area contributed by atoms with Gasteiger partial charge in [-0.25, -0.2) is 34.2 Å². The number of nitrogens with zero attached hydrogens (tertiary/aromatic N) is 7. The summed E-state index contributed by atoms with van der Waals surface area (Å²) in [5.74, 6) is 0.562. The zero-order chi connectivity index (χ0) is 25.8. The highest BCUT2D eigenvalue weighted by Gasteiger charge is 2.70. The van der Waals surface area contributed by atoms with Crippen molar-refractivity contribution < 1.29 is 24.3 Å². The van der Waals surface area contributed by atoms with E-state index in [4.69, 9.17) is 4.98 Å². The van der Waals surface area contributed by atoms with E-state index in [0.717, 1.165) is 5.56 Å². The topological polar surface area (TPSA) is 156 Å². The highest BCUT2D eigenvalue weighted by Crippen LogP contribution is 2.45. The molecule has 0 spiro atoms.